The van der Waals surface area contributed by atoms with Gasteiger partial charge >= 0.3 is 0 Å². The Balaban J connectivity index is 1.61. The maximum Gasteiger partial charge on any atom is 0.243 e. The number of carbonyl (C=O) groups is 2. The van der Waals surface area contributed by atoms with Crippen LogP contribution in [0.5, 0.6) is 0 Å². The van der Waals surface area contributed by atoms with Gasteiger partial charge in [0.1, 0.15) is 0 Å². The van der Waals surface area contributed by atoms with Crippen molar-refractivity contribution in [2.24, 2.45) is 5.92 Å². The van der Waals surface area contributed by atoms with E-state index in [2.05, 4.69) is 5.32 Å². The van der Waals surface area contributed by atoms with Crippen LogP contribution in [-0.4, -0.2) is 37.5 Å². The summed E-state index contributed by atoms with van der Waals surface area (Å²) in [5.74, 6) is -0.432. The van der Waals surface area contributed by atoms with Crippen LogP contribution in [0.25, 0.3) is 0 Å². The molecule has 0 unspecified atom stereocenters. The number of piperidine rings is 1. The second-order valence-corrected chi connectivity index (χ2v) is 9.34. The van der Waals surface area contributed by atoms with Crippen molar-refractivity contribution in [2.75, 3.05) is 13.1 Å². The average molecular weight is 415 g/mol. The first-order chi connectivity index (χ1) is 13.8. The molecule has 0 aliphatic carbocycles. The highest BCUT2D eigenvalue weighted by Gasteiger charge is 2.32. The molecule has 1 N–H and O–H groups in total. The molecule has 2 aromatic rings. The maximum absolute atomic E-state index is 12.9. The molecule has 0 spiro atoms. The number of sulfonamides is 1. The molecule has 6 nitrogen and oxygen atoms in total. The number of benzene rings is 2. The van der Waals surface area contributed by atoms with E-state index >= 15 is 0 Å². The van der Waals surface area contributed by atoms with Crippen LogP contribution in [0.4, 0.5) is 0 Å². The van der Waals surface area contributed by atoms with Gasteiger partial charge in [-0.2, -0.15) is 4.31 Å². The van der Waals surface area contributed by atoms with Crippen molar-refractivity contribution in [3.8, 4) is 0 Å². The van der Waals surface area contributed by atoms with E-state index < -0.39 is 10.0 Å². The zero-order valence-corrected chi connectivity index (χ0v) is 17.5. The number of hydrogen-bond donors (Lipinski definition) is 1. The van der Waals surface area contributed by atoms with E-state index in [4.69, 9.17) is 0 Å². The Morgan fingerprint density at radius 1 is 1.03 bits per heavy atom. The third-order valence-corrected chi connectivity index (χ3v) is 7.26. The van der Waals surface area contributed by atoms with Crippen molar-refractivity contribution in [1.82, 2.24) is 9.62 Å². The van der Waals surface area contributed by atoms with E-state index in [-0.39, 0.29) is 41.6 Å². The lowest BCUT2D eigenvalue weighted by Gasteiger charge is -2.31. The fourth-order valence-corrected chi connectivity index (χ4v) is 5.06. The molecule has 1 aliphatic heterocycles. The van der Waals surface area contributed by atoms with E-state index in [1.54, 1.807) is 12.1 Å². The van der Waals surface area contributed by atoms with Gasteiger partial charge in [0.25, 0.3) is 0 Å². The molecule has 29 heavy (non-hydrogen) atoms. The van der Waals surface area contributed by atoms with Gasteiger partial charge in [0.15, 0.2) is 5.78 Å². The van der Waals surface area contributed by atoms with Gasteiger partial charge in [0.2, 0.25) is 15.9 Å². The van der Waals surface area contributed by atoms with Gasteiger partial charge in [-0.25, -0.2) is 8.42 Å². The fourth-order valence-electron chi connectivity index (χ4n) is 3.54. The Kier molecular flexibility index (Phi) is 6.49. The molecular formula is C22H26N2O4S. The minimum atomic E-state index is -3.68. The van der Waals surface area contributed by atoms with E-state index in [0.717, 1.165) is 5.56 Å². The zero-order chi connectivity index (χ0) is 21.0. The van der Waals surface area contributed by atoms with E-state index in [1.807, 2.05) is 37.3 Å². The Hall–Kier alpha value is -2.51. The molecule has 1 saturated heterocycles. The molecule has 154 valence electrons. The third kappa shape index (κ3) is 4.92. The van der Waals surface area contributed by atoms with Crippen LogP contribution in [-0.2, 0) is 14.8 Å². The molecule has 1 heterocycles. The molecule has 1 fully saturated rings. The number of Topliss-reactive ketones (excluding diaryl/α,β-unsaturated/α-hetero) is 1. The Morgan fingerprint density at radius 3 is 2.31 bits per heavy atom. The summed E-state index contributed by atoms with van der Waals surface area (Å²) in [5, 5.41) is 3.03. The highest BCUT2D eigenvalue weighted by Crippen LogP contribution is 2.25. The van der Waals surface area contributed by atoms with Crippen LogP contribution < -0.4 is 5.32 Å². The van der Waals surface area contributed by atoms with Crippen molar-refractivity contribution < 1.29 is 18.0 Å². The largest absolute Gasteiger partial charge is 0.349 e. The lowest BCUT2D eigenvalue weighted by molar-refractivity contribution is -0.126. The summed E-state index contributed by atoms with van der Waals surface area (Å²) in [7, 11) is -3.68. The summed E-state index contributed by atoms with van der Waals surface area (Å²) in [6, 6.07) is 15.7. The summed E-state index contributed by atoms with van der Waals surface area (Å²) in [4.78, 5) is 24.3. The Labute approximate surface area is 172 Å². The molecule has 1 aliphatic rings. The molecule has 0 saturated carbocycles. The second-order valence-electron chi connectivity index (χ2n) is 7.40. The van der Waals surface area contributed by atoms with Gasteiger partial charge in [0.05, 0.1) is 10.9 Å². The maximum atomic E-state index is 12.9. The number of ketones is 1. The topological polar surface area (TPSA) is 83.6 Å². The second kappa shape index (κ2) is 8.88. The Bertz CT molecular complexity index is 981. The predicted octanol–water partition coefficient (Wildman–Crippen LogP) is 3.17. The molecule has 7 heteroatoms. The van der Waals surface area contributed by atoms with Gasteiger partial charge in [-0.1, -0.05) is 42.5 Å². The van der Waals surface area contributed by atoms with Crippen LogP contribution in [0, 0.1) is 5.92 Å². The van der Waals surface area contributed by atoms with Crippen LogP contribution in [0.1, 0.15) is 48.7 Å². The van der Waals surface area contributed by atoms with Crippen LogP contribution in [0.2, 0.25) is 0 Å². The summed E-state index contributed by atoms with van der Waals surface area (Å²) in [5.41, 5.74) is 1.40. The summed E-state index contributed by atoms with van der Waals surface area (Å²) in [6.07, 6.45) is 0.942. The van der Waals surface area contributed by atoms with Crippen LogP contribution in [0.3, 0.4) is 0 Å². The quantitative estimate of drug-likeness (QED) is 0.736. The highest BCUT2D eigenvalue weighted by atomic mass is 32.2. The van der Waals surface area contributed by atoms with E-state index in [1.165, 1.54) is 23.4 Å². The summed E-state index contributed by atoms with van der Waals surface area (Å²) >= 11 is 0. The van der Waals surface area contributed by atoms with Gasteiger partial charge in [0, 0.05) is 24.6 Å². The van der Waals surface area contributed by atoms with Crippen LogP contribution in [0.15, 0.2) is 59.5 Å². The zero-order valence-electron chi connectivity index (χ0n) is 16.7. The van der Waals surface area contributed by atoms with Crippen molar-refractivity contribution in [3.63, 3.8) is 0 Å². The first kappa shape index (κ1) is 21.2. The Morgan fingerprint density at radius 2 is 1.69 bits per heavy atom. The lowest BCUT2D eigenvalue weighted by atomic mass is 9.96. The van der Waals surface area contributed by atoms with Gasteiger partial charge in [-0.05, 0) is 44.4 Å². The number of amides is 1. The highest BCUT2D eigenvalue weighted by molar-refractivity contribution is 7.89. The first-order valence-electron chi connectivity index (χ1n) is 9.75. The number of hydrogen-bond acceptors (Lipinski definition) is 4. The molecule has 1 atom stereocenters. The summed E-state index contributed by atoms with van der Waals surface area (Å²) < 4.78 is 27.2. The van der Waals surface area contributed by atoms with Gasteiger partial charge in [-0.15, -0.1) is 0 Å². The molecule has 0 bridgehead atoms. The SMILES string of the molecule is CC(=O)c1cccc(S(=O)(=O)N2CCC(C(=O)N[C@H](C)c3ccccc3)CC2)c1. The van der Waals surface area contributed by atoms with Gasteiger partial charge < -0.3 is 5.32 Å². The van der Waals surface area contributed by atoms with Crippen molar-refractivity contribution in [2.45, 2.75) is 37.6 Å². The monoisotopic (exact) mass is 414 g/mol. The van der Waals surface area contributed by atoms with Crippen molar-refractivity contribution in [1.29, 1.82) is 0 Å². The van der Waals surface area contributed by atoms with E-state index in [9.17, 15) is 18.0 Å². The third-order valence-electron chi connectivity index (χ3n) is 5.36. The van der Waals surface area contributed by atoms with Crippen LogP contribution >= 0.6 is 0 Å². The number of rotatable bonds is 6. The molecule has 0 radical (unpaired) electrons. The fraction of sp³-hybridized carbons (Fsp3) is 0.364. The molecule has 3 rings (SSSR count). The van der Waals surface area contributed by atoms with Gasteiger partial charge in [-0.3, -0.25) is 9.59 Å². The smallest absolute Gasteiger partial charge is 0.243 e. The molecule has 0 aromatic heterocycles. The molecular weight excluding hydrogens is 388 g/mol. The number of nitrogens with zero attached hydrogens (tertiary/aromatic N) is 1. The van der Waals surface area contributed by atoms with Crippen molar-refractivity contribution >= 4 is 21.7 Å². The number of carbonyl (C=O) groups excluding carboxylic acids is 2. The average Bonchev–Trinajstić information content (AvgIpc) is 2.74. The predicted molar refractivity (Wildman–Crippen MR) is 111 cm³/mol. The minimum Gasteiger partial charge on any atom is -0.349 e. The van der Waals surface area contributed by atoms with Crippen molar-refractivity contribution in [3.05, 3.63) is 65.7 Å². The normalized spacial score (nSPS) is 16.9. The molecule has 2 aromatic carbocycles. The molecule has 1 amide bonds. The summed E-state index contributed by atoms with van der Waals surface area (Å²) in [6.45, 7) is 3.91. The lowest BCUT2D eigenvalue weighted by Crippen LogP contribution is -2.43. The first-order valence-corrected chi connectivity index (χ1v) is 11.2. The minimum absolute atomic E-state index is 0.0445. The number of nitrogens with one attached hydrogen (secondary N) is 1. The standard InChI is InChI=1S/C22H26N2O4S/c1-16(18-7-4-3-5-8-18)23-22(26)19-11-13-24(14-12-19)29(27,28)21-10-6-9-20(15-21)17(2)25/h3-10,15-16,19H,11-14H2,1-2H3,(H,23,26)/t16-/m1/s1. The van der Waals surface area contributed by atoms with E-state index in [0.29, 0.717) is 18.4 Å².